The molecule has 102 valence electrons. The van der Waals surface area contributed by atoms with Gasteiger partial charge >= 0.3 is 0 Å². The first kappa shape index (κ1) is 13.3. The number of hydrogen-bond donors (Lipinski definition) is 2. The minimum Gasteiger partial charge on any atom is -0.369 e. The van der Waals surface area contributed by atoms with Crippen molar-refractivity contribution in [3.8, 4) is 0 Å². The van der Waals surface area contributed by atoms with Crippen molar-refractivity contribution in [3.05, 3.63) is 0 Å². The van der Waals surface area contributed by atoms with Crippen LogP contribution in [0.1, 0.15) is 32.6 Å². The lowest BCUT2D eigenvalue weighted by molar-refractivity contribution is -0.145. The first-order valence-corrected chi connectivity index (χ1v) is 6.82. The third kappa shape index (κ3) is 2.66. The Morgan fingerprint density at radius 1 is 1.39 bits per heavy atom. The average molecular weight is 253 g/mol. The maximum Gasteiger partial charge on any atom is 0.229 e. The number of nitrogens with two attached hydrogens (primary N) is 1. The molecule has 0 radical (unpaired) electrons. The fourth-order valence-corrected chi connectivity index (χ4v) is 3.01. The maximum atomic E-state index is 12.6. The van der Waals surface area contributed by atoms with E-state index < -0.39 is 0 Å². The van der Waals surface area contributed by atoms with Crippen LogP contribution in [0.25, 0.3) is 0 Å². The largest absolute Gasteiger partial charge is 0.369 e. The molecule has 0 aliphatic carbocycles. The van der Waals surface area contributed by atoms with Crippen molar-refractivity contribution in [1.29, 1.82) is 0 Å². The third-order valence-electron chi connectivity index (χ3n) is 4.22. The number of primary amides is 1. The first-order chi connectivity index (χ1) is 8.53. The molecule has 2 rings (SSSR count). The second kappa shape index (κ2) is 5.26. The number of carbonyl (C=O) groups excluding carboxylic acids is 2. The van der Waals surface area contributed by atoms with Gasteiger partial charge in [-0.3, -0.25) is 9.59 Å². The molecule has 18 heavy (non-hydrogen) atoms. The number of piperidine rings is 2. The molecular formula is C13H23N3O2. The van der Waals surface area contributed by atoms with E-state index in [0.717, 1.165) is 45.3 Å². The van der Waals surface area contributed by atoms with Gasteiger partial charge in [0.1, 0.15) is 0 Å². The minimum atomic E-state index is -0.308. The van der Waals surface area contributed by atoms with Crippen molar-refractivity contribution in [1.82, 2.24) is 10.2 Å². The van der Waals surface area contributed by atoms with Crippen LogP contribution in [0.4, 0.5) is 0 Å². The van der Waals surface area contributed by atoms with Crippen LogP contribution in [0, 0.1) is 11.3 Å². The standard InChI is InChI=1S/C13H23N3O2/c1-13(5-3-6-15-9-13)12(18)16-7-2-4-10(8-16)11(14)17/h10,15H,2-9H2,1H3,(H2,14,17). The van der Waals surface area contributed by atoms with Gasteiger partial charge in [-0.05, 0) is 39.2 Å². The molecule has 5 nitrogen and oxygen atoms in total. The highest BCUT2D eigenvalue weighted by atomic mass is 16.2. The summed E-state index contributed by atoms with van der Waals surface area (Å²) in [6.07, 6.45) is 3.66. The van der Waals surface area contributed by atoms with Crippen molar-refractivity contribution < 1.29 is 9.59 Å². The molecule has 2 aliphatic rings. The summed E-state index contributed by atoms with van der Waals surface area (Å²) in [5, 5.41) is 3.29. The maximum absolute atomic E-state index is 12.6. The predicted octanol–water partition coefficient (Wildman–Crippen LogP) is 0.100. The molecule has 5 heteroatoms. The van der Waals surface area contributed by atoms with Gasteiger partial charge in [0.25, 0.3) is 0 Å². The van der Waals surface area contributed by atoms with Gasteiger partial charge in [-0.25, -0.2) is 0 Å². The van der Waals surface area contributed by atoms with E-state index in [2.05, 4.69) is 5.32 Å². The molecular weight excluding hydrogens is 230 g/mol. The smallest absolute Gasteiger partial charge is 0.229 e. The molecule has 0 bridgehead atoms. The van der Waals surface area contributed by atoms with Gasteiger partial charge in [0.15, 0.2) is 0 Å². The molecule has 2 fully saturated rings. The number of nitrogens with one attached hydrogen (secondary N) is 1. The number of amides is 2. The van der Waals surface area contributed by atoms with E-state index in [0.29, 0.717) is 6.54 Å². The Labute approximate surface area is 108 Å². The summed E-state index contributed by atoms with van der Waals surface area (Å²) in [4.78, 5) is 25.7. The van der Waals surface area contributed by atoms with E-state index >= 15 is 0 Å². The zero-order valence-corrected chi connectivity index (χ0v) is 11.1. The Morgan fingerprint density at radius 2 is 2.17 bits per heavy atom. The Bertz CT molecular complexity index is 337. The Kier molecular flexibility index (Phi) is 3.90. The number of rotatable bonds is 2. The Hall–Kier alpha value is -1.10. The summed E-state index contributed by atoms with van der Waals surface area (Å²) < 4.78 is 0. The molecule has 2 aliphatic heterocycles. The lowest BCUT2D eigenvalue weighted by Gasteiger charge is -2.40. The third-order valence-corrected chi connectivity index (χ3v) is 4.22. The van der Waals surface area contributed by atoms with Gasteiger partial charge in [-0.1, -0.05) is 0 Å². The van der Waals surface area contributed by atoms with Gasteiger partial charge in [0, 0.05) is 19.6 Å². The molecule has 2 atom stereocenters. The van der Waals surface area contributed by atoms with E-state index in [4.69, 9.17) is 5.73 Å². The van der Waals surface area contributed by atoms with E-state index in [1.807, 2.05) is 11.8 Å². The molecule has 0 aromatic heterocycles. The Morgan fingerprint density at radius 3 is 2.78 bits per heavy atom. The molecule has 3 N–H and O–H groups in total. The van der Waals surface area contributed by atoms with Crippen molar-refractivity contribution in [3.63, 3.8) is 0 Å². The van der Waals surface area contributed by atoms with Crippen molar-refractivity contribution >= 4 is 11.8 Å². The number of likely N-dealkylation sites (tertiary alicyclic amines) is 1. The van der Waals surface area contributed by atoms with Crippen molar-refractivity contribution in [2.45, 2.75) is 32.6 Å². The lowest BCUT2D eigenvalue weighted by atomic mass is 9.80. The van der Waals surface area contributed by atoms with Gasteiger partial charge in [0.05, 0.1) is 11.3 Å². The van der Waals surface area contributed by atoms with Crippen LogP contribution in [0.15, 0.2) is 0 Å². The van der Waals surface area contributed by atoms with E-state index in [1.54, 1.807) is 0 Å². The fourth-order valence-electron chi connectivity index (χ4n) is 3.01. The van der Waals surface area contributed by atoms with Crippen LogP contribution in [-0.4, -0.2) is 42.9 Å². The molecule has 2 amide bonds. The highest BCUT2D eigenvalue weighted by Crippen LogP contribution is 2.30. The summed E-state index contributed by atoms with van der Waals surface area (Å²) in [5.74, 6) is -0.261. The summed E-state index contributed by atoms with van der Waals surface area (Å²) in [7, 11) is 0. The predicted molar refractivity (Wildman–Crippen MR) is 68.7 cm³/mol. The molecule has 0 spiro atoms. The monoisotopic (exact) mass is 253 g/mol. The first-order valence-electron chi connectivity index (χ1n) is 6.82. The van der Waals surface area contributed by atoms with Gasteiger partial charge in [-0.2, -0.15) is 0 Å². The molecule has 0 aromatic rings. The van der Waals surface area contributed by atoms with Crippen LogP contribution in [-0.2, 0) is 9.59 Å². The van der Waals surface area contributed by atoms with Crippen molar-refractivity contribution in [2.75, 3.05) is 26.2 Å². The molecule has 0 saturated carbocycles. The summed E-state index contributed by atoms with van der Waals surface area (Å²) in [6, 6.07) is 0. The van der Waals surface area contributed by atoms with Crippen LogP contribution in [0.5, 0.6) is 0 Å². The lowest BCUT2D eigenvalue weighted by Crippen LogP contribution is -2.53. The molecule has 2 saturated heterocycles. The summed E-state index contributed by atoms with van der Waals surface area (Å²) >= 11 is 0. The van der Waals surface area contributed by atoms with E-state index in [1.165, 1.54) is 0 Å². The molecule has 2 unspecified atom stereocenters. The Balaban J connectivity index is 2.01. The van der Waals surface area contributed by atoms with Gasteiger partial charge in [0.2, 0.25) is 11.8 Å². The number of carbonyl (C=O) groups is 2. The summed E-state index contributed by atoms with van der Waals surface area (Å²) in [6.45, 7) is 5.02. The summed E-state index contributed by atoms with van der Waals surface area (Å²) in [5.41, 5.74) is 5.04. The minimum absolute atomic E-state index is 0.164. The topological polar surface area (TPSA) is 75.4 Å². The van der Waals surface area contributed by atoms with Crippen LogP contribution in [0.3, 0.4) is 0 Å². The quantitative estimate of drug-likeness (QED) is 0.733. The van der Waals surface area contributed by atoms with Gasteiger partial charge < -0.3 is 16.0 Å². The molecule has 0 aromatic carbocycles. The average Bonchev–Trinajstić information content (AvgIpc) is 2.39. The van der Waals surface area contributed by atoms with E-state index in [9.17, 15) is 9.59 Å². The SMILES string of the molecule is CC1(C(=O)N2CCCC(C(N)=O)C2)CCCNC1. The number of nitrogens with zero attached hydrogens (tertiary/aromatic N) is 1. The van der Waals surface area contributed by atoms with Crippen LogP contribution in [0.2, 0.25) is 0 Å². The molecule has 2 heterocycles. The van der Waals surface area contributed by atoms with Gasteiger partial charge in [-0.15, -0.1) is 0 Å². The highest BCUT2D eigenvalue weighted by Gasteiger charge is 2.39. The normalized spacial score (nSPS) is 33.2. The zero-order chi connectivity index (χ0) is 13.2. The highest BCUT2D eigenvalue weighted by molar-refractivity contribution is 5.84. The van der Waals surface area contributed by atoms with Crippen molar-refractivity contribution in [2.24, 2.45) is 17.1 Å². The number of hydrogen-bond acceptors (Lipinski definition) is 3. The van der Waals surface area contributed by atoms with Crippen LogP contribution < -0.4 is 11.1 Å². The fraction of sp³-hybridized carbons (Fsp3) is 0.846. The second-order valence-electron chi connectivity index (χ2n) is 5.83. The van der Waals surface area contributed by atoms with E-state index in [-0.39, 0.29) is 23.1 Å². The zero-order valence-electron chi connectivity index (χ0n) is 11.1. The second-order valence-corrected chi connectivity index (χ2v) is 5.83. The van der Waals surface area contributed by atoms with Crippen LogP contribution >= 0.6 is 0 Å².